The molecular formula is C28H23ClF3N5O2. The summed E-state index contributed by atoms with van der Waals surface area (Å²) in [4.78, 5) is 25.9. The zero-order valence-electron chi connectivity index (χ0n) is 21.3. The van der Waals surface area contributed by atoms with Crippen molar-refractivity contribution in [2.75, 3.05) is 0 Å². The van der Waals surface area contributed by atoms with Gasteiger partial charge in [-0.2, -0.15) is 13.2 Å². The highest BCUT2D eigenvalue weighted by Crippen LogP contribution is 2.32. The molecule has 0 fully saturated rings. The maximum absolute atomic E-state index is 13.2. The van der Waals surface area contributed by atoms with E-state index < -0.39 is 17.3 Å². The third-order valence-corrected chi connectivity index (χ3v) is 6.84. The van der Waals surface area contributed by atoms with Crippen molar-refractivity contribution >= 4 is 22.5 Å². The molecule has 200 valence electrons. The van der Waals surface area contributed by atoms with Crippen LogP contribution in [-0.2, 0) is 26.4 Å². The van der Waals surface area contributed by atoms with Gasteiger partial charge in [0.15, 0.2) is 0 Å². The lowest BCUT2D eigenvalue weighted by molar-refractivity contribution is -0.138. The standard InChI is InChI=1S/C28H23ClF3N5O2/c1-16-11-20(26-34-13-17(2)36(26)3)19-12-18(6-7-24(19)35-16)39-15-21-23(29)8-9-33-25(21)14-37-10-4-5-22(27(37)38)28(30,31)32/h4-13H,14-15H2,1-3H3. The second-order valence-electron chi connectivity index (χ2n) is 9.13. The van der Waals surface area contributed by atoms with Crippen LogP contribution in [-0.4, -0.2) is 24.1 Å². The molecule has 0 amide bonds. The van der Waals surface area contributed by atoms with Gasteiger partial charge in [0.1, 0.15) is 23.7 Å². The van der Waals surface area contributed by atoms with E-state index in [1.807, 2.05) is 43.7 Å². The van der Waals surface area contributed by atoms with Gasteiger partial charge in [0.05, 0.1) is 22.8 Å². The third-order valence-electron chi connectivity index (χ3n) is 6.49. The summed E-state index contributed by atoms with van der Waals surface area (Å²) in [5.74, 6) is 1.33. The first-order valence-corrected chi connectivity index (χ1v) is 12.3. The highest BCUT2D eigenvalue weighted by atomic mass is 35.5. The largest absolute Gasteiger partial charge is 0.489 e. The van der Waals surface area contributed by atoms with Crippen molar-refractivity contribution in [2.45, 2.75) is 33.2 Å². The molecule has 0 radical (unpaired) electrons. The van der Waals surface area contributed by atoms with Gasteiger partial charge < -0.3 is 13.9 Å². The first-order chi connectivity index (χ1) is 18.5. The van der Waals surface area contributed by atoms with Crippen LogP contribution in [0.4, 0.5) is 13.2 Å². The molecule has 5 rings (SSSR count). The van der Waals surface area contributed by atoms with Gasteiger partial charge in [0, 0.05) is 53.5 Å². The SMILES string of the molecule is Cc1cc(-c2ncc(C)n2C)c2cc(OCc3c(Cl)ccnc3Cn3cccc(C(F)(F)F)c3=O)ccc2n1. The molecule has 0 saturated carbocycles. The molecule has 0 aliphatic carbocycles. The number of aryl methyl sites for hydroxylation is 2. The number of halogens is 4. The highest BCUT2D eigenvalue weighted by molar-refractivity contribution is 6.31. The minimum Gasteiger partial charge on any atom is -0.489 e. The Kier molecular flexibility index (Phi) is 6.90. The van der Waals surface area contributed by atoms with Crippen molar-refractivity contribution in [3.05, 3.63) is 105 Å². The molecule has 1 aromatic carbocycles. The van der Waals surface area contributed by atoms with Gasteiger partial charge in [-0.25, -0.2) is 4.98 Å². The van der Waals surface area contributed by atoms with Crippen molar-refractivity contribution < 1.29 is 17.9 Å². The number of aromatic nitrogens is 5. The minimum absolute atomic E-state index is 0.0165. The summed E-state index contributed by atoms with van der Waals surface area (Å²) < 4.78 is 48.7. The van der Waals surface area contributed by atoms with E-state index in [9.17, 15) is 18.0 Å². The van der Waals surface area contributed by atoms with Crippen molar-refractivity contribution in [3.63, 3.8) is 0 Å². The number of rotatable bonds is 6. The number of benzene rings is 1. The zero-order valence-corrected chi connectivity index (χ0v) is 22.0. The summed E-state index contributed by atoms with van der Waals surface area (Å²) in [6.45, 7) is 3.68. The van der Waals surface area contributed by atoms with Gasteiger partial charge in [-0.3, -0.25) is 14.8 Å². The molecule has 39 heavy (non-hydrogen) atoms. The first kappa shape index (κ1) is 26.4. The van der Waals surface area contributed by atoms with Crippen molar-refractivity contribution in [1.29, 1.82) is 0 Å². The predicted molar refractivity (Wildman–Crippen MR) is 142 cm³/mol. The summed E-state index contributed by atoms with van der Waals surface area (Å²) in [5.41, 5.74) is 1.93. The molecule has 0 spiro atoms. The van der Waals surface area contributed by atoms with Gasteiger partial charge in [-0.1, -0.05) is 11.6 Å². The van der Waals surface area contributed by atoms with Crippen molar-refractivity contribution in [3.8, 4) is 17.1 Å². The van der Waals surface area contributed by atoms with E-state index in [2.05, 4.69) is 15.0 Å². The first-order valence-electron chi connectivity index (χ1n) is 11.9. The summed E-state index contributed by atoms with van der Waals surface area (Å²) in [6.07, 6.45) is -0.238. The summed E-state index contributed by atoms with van der Waals surface area (Å²) in [7, 11) is 1.95. The fraction of sp³-hybridized carbons (Fsp3) is 0.214. The quantitative estimate of drug-likeness (QED) is 0.254. The Morgan fingerprint density at radius 3 is 2.59 bits per heavy atom. The van der Waals surface area contributed by atoms with Crippen LogP contribution in [0.3, 0.4) is 0 Å². The predicted octanol–water partition coefficient (Wildman–Crippen LogP) is 6.11. The van der Waals surface area contributed by atoms with Crippen LogP contribution in [0.1, 0.15) is 28.2 Å². The van der Waals surface area contributed by atoms with E-state index in [0.29, 0.717) is 22.0 Å². The number of imidazole rings is 1. The maximum atomic E-state index is 13.2. The molecule has 5 aromatic rings. The molecular weight excluding hydrogens is 531 g/mol. The molecule has 4 aromatic heterocycles. The Morgan fingerprint density at radius 1 is 1.08 bits per heavy atom. The van der Waals surface area contributed by atoms with E-state index in [0.717, 1.165) is 44.3 Å². The van der Waals surface area contributed by atoms with Crippen LogP contribution in [0.15, 0.2) is 65.8 Å². The van der Waals surface area contributed by atoms with Crippen LogP contribution in [0.25, 0.3) is 22.3 Å². The van der Waals surface area contributed by atoms with Gasteiger partial charge in [0.25, 0.3) is 5.56 Å². The third kappa shape index (κ3) is 5.24. The summed E-state index contributed by atoms with van der Waals surface area (Å²) in [6, 6.07) is 11.0. The molecule has 11 heteroatoms. The van der Waals surface area contributed by atoms with E-state index in [1.54, 1.807) is 18.3 Å². The lowest BCUT2D eigenvalue weighted by Gasteiger charge is -2.15. The minimum atomic E-state index is -4.76. The average Bonchev–Trinajstić information content (AvgIpc) is 3.21. The lowest BCUT2D eigenvalue weighted by Crippen LogP contribution is -2.28. The fourth-order valence-electron chi connectivity index (χ4n) is 4.35. The van der Waals surface area contributed by atoms with Gasteiger partial charge >= 0.3 is 6.18 Å². The Hall–Kier alpha value is -4.18. The Bertz CT molecular complexity index is 1760. The molecule has 0 bridgehead atoms. The molecule has 0 saturated heterocycles. The second-order valence-corrected chi connectivity index (χ2v) is 9.54. The Morgan fingerprint density at radius 2 is 1.87 bits per heavy atom. The number of nitrogens with zero attached hydrogens (tertiary/aromatic N) is 5. The fourth-order valence-corrected chi connectivity index (χ4v) is 4.57. The number of hydrogen-bond acceptors (Lipinski definition) is 5. The van der Waals surface area contributed by atoms with Gasteiger partial charge in [-0.05, 0) is 56.3 Å². The number of pyridine rings is 3. The van der Waals surface area contributed by atoms with Crippen LogP contribution in [0, 0.1) is 13.8 Å². The van der Waals surface area contributed by atoms with Gasteiger partial charge in [0.2, 0.25) is 0 Å². The van der Waals surface area contributed by atoms with Crippen LogP contribution in [0.2, 0.25) is 5.02 Å². The number of fused-ring (bicyclic) bond motifs is 1. The second kappa shape index (κ2) is 10.2. The van der Waals surface area contributed by atoms with E-state index in [4.69, 9.17) is 16.3 Å². The van der Waals surface area contributed by atoms with Crippen LogP contribution >= 0.6 is 11.6 Å². The molecule has 0 aliphatic heterocycles. The number of alkyl halides is 3. The smallest absolute Gasteiger partial charge is 0.421 e. The van der Waals surface area contributed by atoms with Crippen LogP contribution in [0.5, 0.6) is 5.75 Å². The molecule has 7 nitrogen and oxygen atoms in total. The Balaban J connectivity index is 1.47. The number of ether oxygens (including phenoxy) is 1. The van der Waals surface area contributed by atoms with Crippen LogP contribution < -0.4 is 10.3 Å². The molecule has 0 unspecified atom stereocenters. The Labute approximate surface area is 226 Å². The van der Waals surface area contributed by atoms with Crippen molar-refractivity contribution in [1.82, 2.24) is 24.1 Å². The van der Waals surface area contributed by atoms with E-state index >= 15 is 0 Å². The normalized spacial score (nSPS) is 11.8. The summed E-state index contributed by atoms with van der Waals surface area (Å²) >= 11 is 6.43. The topological polar surface area (TPSA) is 74.8 Å². The van der Waals surface area contributed by atoms with Crippen molar-refractivity contribution in [2.24, 2.45) is 7.05 Å². The molecule has 0 aliphatic rings. The number of hydrogen-bond donors (Lipinski definition) is 0. The summed E-state index contributed by atoms with van der Waals surface area (Å²) in [5, 5.41) is 1.17. The molecule has 4 heterocycles. The van der Waals surface area contributed by atoms with E-state index in [1.165, 1.54) is 18.5 Å². The monoisotopic (exact) mass is 553 g/mol. The highest BCUT2D eigenvalue weighted by Gasteiger charge is 2.34. The van der Waals surface area contributed by atoms with E-state index in [-0.39, 0.29) is 13.2 Å². The molecule has 0 N–H and O–H groups in total. The molecule has 0 atom stereocenters. The van der Waals surface area contributed by atoms with Gasteiger partial charge in [-0.15, -0.1) is 0 Å². The zero-order chi connectivity index (χ0) is 27.9. The maximum Gasteiger partial charge on any atom is 0.421 e. The lowest BCUT2D eigenvalue weighted by atomic mass is 10.1. The average molecular weight is 554 g/mol.